The lowest BCUT2D eigenvalue weighted by Gasteiger charge is -2.08. The minimum absolute atomic E-state index is 0.148. The number of hydrogen-bond donors (Lipinski definition) is 0. The zero-order valence-electron chi connectivity index (χ0n) is 10.5. The van der Waals surface area contributed by atoms with Crippen molar-refractivity contribution in [2.24, 2.45) is 0 Å². The molecule has 0 spiro atoms. The van der Waals surface area contributed by atoms with Crippen LogP contribution in [-0.2, 0) is 12.8 Å². The molecule has 0 bridgehead atoms. The van der Waals surface area contributed by atoms with Crippen LogP contribution in [0.25, 0.3) is 0 Å². The maximum Gasteiger partial charge on any atom is 0.261 e. The quantitative estimate of drug-likeness (QED) is 0.749. The minimum atomic E-state index is -0.148. The molecule has 2 amide bonds. The fraction of sp³-hybridized carbons (Fsp3) is 0.429. The highest BCUT2D eigenvalue weighted by molar-refractivity contribution is 6.21. The van der Waals surface area contributed by atoms with Gasteiger partial charge in [0.05, 0.1) is 11.1 Å². The van der Waals surface area contributed by atoms with Gasteiger partial charge in [-0.15, -0.1) is 0 Å². The zero-order valence-corrected chi connectivity index (χ0v) is 10.5. The van der Waals surface area contributed by atoms with Crippen molar-refractivity contribution in [1.29, 1.82) is 0 Å². The predicted molar refractivity (Wildman–Crippen MR) is 66.2 cm³/mol. The number of amides is 2. The Kier molecular flexibility index (Phi) is 3.01. The van der Waals surface area contributed by atoms with Gasteiger partial charge in [0, 0.05) is 6.54 Å². The van der Waals surface area contributed by atoms with Crippen molar-refractivity contribution < 1.29 is 9.59 Å². The van der Waals surface area contributed by atoms with E-state index in [2.05, 4.69) is 13.8 Å². The van der Waals surface area contributed by atoms with E-state index in [1.165, 1.54) is 16.0 Å². The smallest absolute Gasteiger partial charge is 0.261 e. The summed E-state index contributed by atoms with van der Waals surface area (Å²) >= 11 is 0. The molecule has 0 atom stereocenters. The summed E-state index contributed by atoms with van der Waals surface area (Å²) in [5.41, 5.74) is 3.49. The van der Waals surface area contributed by atoms with E-state index in [1.54, 1.807) is 0 Å². The summed E-state index contributed by atoms with van der Waals surface area (Å²) in [4.78, 5) is 25.3. The highest BCUT2D eigenvalue weighted by Gasteiger charge is 2.34. The van der Waals surface area contributed by atoms with Crippen LogP contribution in [0.3, 0.4) is 0 Å². The van der Waals surface area contributed by atoms with Crippen molar-refractivity contribution >= 4 is 11.8 Å². The standard InChI is InChI=1S/C14H17NO2/c1-4-9-7-11-12(8-10(9)5-2)14(17)15(6-3)13(11)16/h7-8H,4-6H2,1-3H3. The molecule has 0 aromatic heterocycles. The highest BCUT2D eigenvalue weighted by atomic mass is 16.2. The molecule has 1 heterocycles. The lowest BCUT2D eigenvalue weighted by molar-refractivity contribution is 0.0663. The van der Waals surface area contributed by atoms with E-state index >= 15 is 0 Å². The molecule has 0 fully saturated rings. The summed E-state index contributed by atoms with van der Waals surface area (Å²) in [6, 6.07) is 3.79. The number of aryl methyl sites for hydroxylation is 2. The van der Waals surface area contributed by atoms with Gasteiger partial charge < -0.3 is 0 Å². The molecule has 1 aromatic rings. The third-order valence-corrected chi connectivity index (χ3v) is 3.37. The van der Waals surface area contributed by atoms with Gasteiger partial charge in [-0.25, -0.2) is 0 Å². The SMILES string of the molecule is CCc1cc2c(cc1CC)C(=O)N(CC)C2=O. The molecule has 0 saturated carbocycles. The van der Waals surface area contributed by atoms with Gasteiger partial charge in [0.2, 0.25) is 0 Å². The summed E-state index contributed by atoms with van der Waals surface area (Å²) in [7, 11) is 0. The van der Waals surface area contributed by atoms with Gasteiger partial charge >= 0.3 is 0 Å². The monoisotopic (exact) mass is 231 g/mol. The fourth-order valence-corrected chi connectivity index (χ4v) is 2.37. The average molecular weight is 231 g/mol. The number of benzene rings is 1. The van der Waals surface area contributed by atoms with Crippen LogP contribution in [0.15, 0.2) is 12.1 Å². The molecular weight excluding hydrogens is 214 g/mol. The summed E-state index contributed by atoms with van der Waals surface area (Å²) in [6.07, 6.45) is 1.79. The molecule has 3 nitrogen and oxygen atoms in total. The van der Waals surface area contributed by atoms with Crippen LogP contribution < -0.4 is 0 Å². The lowest BCUT2D eigenvalue weighted by atomic mass is 9.96. The first-order chi connectivity index (χ1) is 8.13. The Morgan fingerprint density at radius 3 is 1.59 bits per heavy atom. The lowest BCUT2D eigenvalue weighted by Crippen LogP contribution is -2.29. The Morgan fingerprint density at radius 2 is 1.29 bits per heavy atom. The van der Waals surface area contributed by atoms with Crippen LogP contribution >= 0.6 is 0 Å². The highest BCUT2D eigenvalue weighted by Crippen LogP contribution is 2.26. The molecule has 1 aliphatic heterocycles. The molecule has 0 N–H and O–H groups in total. The Labute approximate surface area is 101 Å². The first-order valence-electron chi connectivity index (χ1n) is 6.15. The zero-order chi connectivity index (χ0) is 12.6. The summed E-state index contributed by atoms with van der Waals surface area (Å²) in [5, 5.41) is 0. The van der Waals surface area contributed by atoms with Crippen molar-refractivity contribution in [3.05, 3.63) is 34.4 Å². The number of nitrogens with zero attached hydrogens (tertiary/aromatic N) is 1. The van der Waals surface area contributed by atoms with Crippen LogP contribution in [0.4, 0.5) is 0 Å². The van der Waals surface area contributed by atoms with Crippen molar-refractivity contribution in [3.63, 3.8) is 0 Å². The Hall–Kier alpha value is -1.64. The van der Waals surface area contributed by atoms with Crippen LogP contribution in [0, 0.1) is 0 Å². The van der Waals surface area contributed by atoms with E-state index in [-0.39, 0.29) is 11.8 Å². The number of carbonyl (C=O) groups excluding carboxylic acids is 2. The average Bonchev–Trinajstić information content (AvgIpc) is 2.59. The number of carbonyl (C=O) groups is 2. The van der Waals surface area contributed by atoms with Crippen molar-refractivity contribution in [1.82, 2.24) is 4.90 Å². The van der Waals surface area contributed by atoms with Crippen molar-refractivity contribution in [3.8, 4) is 0 Å². The van der Waals surface area contributed by atoms with Gasteiger partial charge in [0.15, 0.2) is 0 Å². The molecule has 0 aliphatic carbocycles. The van der Waals surface area contributed by atoms with Crippen LogP contribution in [0.2, 0.25) is 0 Å². The molecule has 90 valence electrons. The summed E-state index contributed by atoms with van der Waals surface area (Å²) in [5.74, 6) is -0.297. The van der Waals surface area contributed by atoms with Gasteiger partial charge in [-0.1, -0.05) is 13.8 Å². The molecule has 2 rings (SSSR count). The van der Waals surface area contributed by atoms with E-state index in [0.717, 1.165) is 12.8 Å². The van der Waals surface area contributed by atoms with Crippen LogP contribution in [0.5, 0.6) is 0 Å². The van der Waals surface area contributed by atoms with E-state index in [0.29, 0.717) is 17.7 Å². The number of fused-ring (bicyclic) bond motifs is 1. The molecule has 0 unspecified atom stereocenters. The third-order valence-electron chi connectivity index (χ3n) is 3.37. The molecule has 0 radical (unpaired) electrons. The first-order valence-corrected chi connectivity index (χ1v) is 6.15. The Morgan fingerprint density at radius 1 is 0.882 bits per heavy atom. The van der Waals surface area contributed by atoms with E-state index in [4.69, 9.17) is 0 Å². The Bertz CT molecular complexity index is 448. The normalized spacial score (nSPS) is 14.4. The number of hydrogen-bond acceptors (Lipinski definition) is 2. The number of rotatable bonds is 3. The second-order valence-corrected chi connectivity index (χ2v) is 4.23. The van der Waals surface area contributed by atoms with Crippen LogP contribution in [0.1, 0.15) is 52.6 Å². The fourth-order valence-electron chi connectivity index (χ4n) is 2.37. The summed E-state index contributed by atoms with van der Waals surface area (Å²) in [6.45, 7) is 6.40. The number of imide groups is 1. The van der Waals surface area contributed by atoms with Crippen molar-refractivity contribution in [2.45, 2.75) is 33.6 Å². The van der Waals surface area contributed by atoms with E-state index < -0.39 is 0 Å². The molecule has 0 saturated heterocycles. The second kappa shape index (κ2) is 4.32. The molecule has 1 aliphatic rings. The molecular formula is C14H17NO2. The minimum Gasteiger partial charge on any atom is -0.275 e. The van der Waals surface area contributed by atoms with Crippen LogP contribution in [-0.4, -0.2) is 23.3 Å². The maximum atomic E-state index is 12.0. The third kappa shape index (κ3) is 1.66. The van der Waals surface area contributed by atoms with Gasteiger partial charge in [0.1, 0.15) is 0 Å². The largest absolute Gasteiger partial charge is 0.275 e. The van der Waals surface area contributed by atoms with E-state index in [1.807, 2.05) is 19.1 Å². The van der Waals surface area contributed by atoms with Gasteiger partial charge in [-0.2, -0.15) is 0 Å². The van der Waals surface area contributed by atoms with Crippen molar-refractivity contribution in [2.75, 3.05) is 6.54 Å². The first kappa shape index (κ1) is 11.8. The van der Waals surface area contributed by atoms with Gasteiger partial charge in [-0.3, -0.25) is 14.5 Å². The van der Waals surface area contributed by atoms with E-state index in [9.17, 15) is 9.59 Å². The summed E-state index contributed by atoms with van der Waals surface area (Å²) < 4.78 is 0. The topological polar surface area (TPSA) is 37.4 Å². The maximum absolute atomic E-state index is 12.0. The second-order valence-electron chi connectivity index (χ2n) is 4.23. The van der Waals surface area contributed by atoms with Gasteiger partial charge in [-0.05, 0) is 43.0 Å². The molecule has 3 heteroatoms. The van der Waals surface area contributed by atoms with Gasteiger partial charge in [0.25, 0.3) is 11.8 Å². The molecule has 1 aromatic carbocycles. The predicted octanol–water partition coefficient (Wildman–Crippen LogP) is 2.43. The Balaban J connectivity index is 2.59. The molecule has 17 heavy (non-hydrogen) atoms.